The molecular weight excluding hydrogens is 353 g/mol. The third kappa shape index (κ3) is 5.45. The SMILES string of the molecule is CC1CN(Cc2csc(NC(=O)/C=C/c3ccc(F)cc3)n2)CC(C)O1. The largest absolute Gasteiger partial charge is 0.373 e. The van der Waals surface area contributed by atoms with Gasteiger partial charge in [-0.05, 0) is 37.6 Å². The van der Waals surface area contributed by atoms with E-state index in [2.05, 4.69) is 29.0 Å². The number of anilines is 1. The van der Waals surface area contributed by atoms with E-state index in [-0.39, 0.29) is 23.9 Å². The number of rotatable bonds is 5. The van der Waals surface area contributed by atoms with Crippen molar-refractivity contribution in [2.24, 2.45) is 0 Å². The van der Waals surface area contributed by atoms with Crippen LogP contribution < -0.4 is 5.32 Å². The van der Waals surface area contributed by atoms with Crippen LogP contribution in [0.3, 0.4) is 0 Å². The highest BCUT2D eigenvalue weighted by Crippen LogP contribution is 2.19. The van der Waals surface area contributed by atoms with Gasteiger partial charge in [-0.25, -0.2) is 9.37 Å². The Labute approximate surface area is 156 Å². The highest BCUT2D eigenvalue weighted by Gasteiger charge is 2.22. The molecule has 1 aromatic carbocycles. The van der Waals surface area contributed by atoms with Gasteiger partial charge in [0.15, 0.2) is 5.13 Å². The minimum atomic E-state index is -0.300. The summed E-state index contributed by atoms with van der Waals surface area (Å²) in [6, 6.07) is 5.95. The number of thiazole rings is 1. The first kappa shape index (κ1) is 18.7. The maximum absolute atomic E-state index is 12.9. The van der Waals surface area contributed by atoms with Crippen LogP contribution in [-0.2, 0) is 16.1 Å². The molecule has 3 rings (SSSR count). The summed E-state index contributed by atoms with van der Waals surface area (Å²) >= 11 is 1.41. The topological polar surface area (TPSA) is 54.5 Å². The summed E-state index contributed by atoms with van der Waals surface area (Å²) in [7, 11) is 0. The molecule has 1 aromatic heterocycles. The molecule has 1 aliphatic heterocycles. The summed E-state index contributed by atoms with van der Waals surface area (Å²) in [5, 5.41) is 5.30. The summed E-state index contributed by atoms with van der Waals surface area (Å²) in [4.78, 5) is 18.8. The molecule has 2 aromatic rings. The summed E-state index contributed by atoms with van der Waals surface area (Å²) in [5.41, 5.74) is 1.70. The zero-order chi connectivity index (χ0) is 18.5. The van der Waals surface area contributed by atoms with Crippen LogP contribution >= 0.6 is 11.3 Å². The maximum Gasteiger partial charge on any atom is 0.250 e. The first-order valence-corrected chi connectivity index (χ1v) is 9.43. The van der Waals surface area contributed by atoms with E-state index >= 15 is 0 Å². The van der Waals surface area contributed by atoms with Crippen LogP contribution in [0.25, 0.3) is 6.08 Å². The summed E-state index contributed by atoms with van der Waals surface area (Å²) in [5.74, 6) is -0.560. The van der Waals surface area contributed by atoms with Gasteiger partial charge in [-0.15, -0.1) is 11.3 Å². The van der Waals surface area contributed by atoms with Crippen LogP contribution in [0, 0.1) is 5.82 Å². The minimum Gasteiger partial charge on any atom is -0.373 e. The fourth-order valence-electron chi connectivity index (χ4n) is 2.97. The Kier molecular flexibility index (Phi) is 6.13. The van der Waals surface area contributed by atoms with Crippen molar-refractivity contribution in [2.75, 3.05) is 18.4 Å². The number of halogens is 1. The van der Waals surface area contributed by atoms with Crippen molar-refractivity contribution in [3.05, 3.63) is 52.8 Å². The van der Waals surface area contributed by atoms with Crippen LogP contribution in [-0.4, -0.2) is 41.1 Å². The molecule has 1 aliphatic rings. The smallest absolute Gasteiger partial charge is 0.250 e. The number of nitrogens with zero attached hydrogens (tertiary/aromatic N) is 2. The number of hydrogen-bond acceptors (Lipinski definition) is 5. The van der Waals surface area contributed by atoms with Crippen LogP contribution in [0.2, 0.25) is 0 Å². The van der Waals surface area contributed by atoms with Gasteiger partial charge in [0, 0.05) is 31.1 Å². The molecule has 7 heteroatoms. The van der Waals surface area contributed by atoms with Gasteiger partial charge in [-0.1, -0.05) is 12.1 Å². The fourth-order valence-corrected chi connectivity index (χ4v) is 3.68. The molecule has 1 saturated heterocycles. The lowest BCUT2D eigenvalue weighted by Crippen LogP contribution is -2.44. The second-order valence-electron chi connectivity index (χ2n) is 6.47. The van der Waals surface area contributed by atoms with Crippen LogP contribution in [0.15, 0.2) is 35.7 Å². The van der Waals surface area contributed by atoms with Crippen molar-refractivity contribution in [2.45, 2.75) is 32.6 Å². The number of carbonyl (C=O) groups is 1. The quantitative estimate of drug-likeness (QED) is 0.812. The Morgan fingerprint density at radius 3 is 2.73 bits per heavy atom. The molecule has 2 heterocycles. The normalized spacial score (nSPS) is 21.2. The Morgan fingerprint density at radius 2 is 2.04 bits per heavy atom. The van der Waals surface area contributed by atoms with E-state index in [1.165, 1.54) is 29.5 Å². The average molecular weight is 375 g/mol. The zero-order valence-corrected chi connectivity index (χ0v) is 15.6. The van der Waals surface area contributed by atoms with Gasteiger partial charge >= 0.3 is 0 Å². The van der Waals surface area contributed by atoms with Gasteiger partial charge in [-0.3, -0.25) is 15.0 Å². The number of carbonyl (C=O) groups excluding carboxylic acids is 1. The highest BCUT2D eigenvalue weighted by atomic mass is 32.1. The third-order valence-electron chi connectivity index (χ3n) is 3.96. The second kappa shape index (κ2) is 8.53. The standard InChI is InChI=1S/C19H22FN3O2S/c1-13-9-23(10-14(2)25-13)11-17-12-26-19(21-17)22-18(24)8-5-15-3-6-16(20)7-4-15/h3-8,12-14H,9-11H2,1-2H3,(H,21,22,24)/b8-5+. The van der Waals surface area contributed by atoms with E-state index in [4.69, 9.17) is 4.74 Å². The molecule has 0 bridgehead atoms. The molecule has 138 valence electrons. The van der Waals surface area contributed by atoms with Gasteiger partial charge in [0.2, 0.25) is 5.91 Å². The van der Waals surface area contributed by atoms with Gasteiger partial charge in [0.05, 0.1) is 17.9 Å². The van der Waals surface area contributed by atoms with Crippen LogP contribution in [0.4, 0.5) is 9.52 Å². The lowest BCUT2D eigenvalue weighted by atomic mass is 10.2. The molecular formula is C19H22FN3O2S. The fraction of sp³-hybridized carbons (Fsp3) is 0.368. The number of nitrogens with one attached hydrogen (secondary N) is 1. The van der Waals surface area contributed by atoms with Gasteiger partial charge in [-0.2, -0.15) is 0 Å². The number of amides is 1. The van der Waals surface area contributed by atoms with Crippen molar-refractivity contribution in [3.63, 3.8) is 0 Å². The van der Waals surface area contributed by atoms with E-state index in [1.807, 2.05) is 5.38 Å². The first-order chi connectivity index (χ1) is 12.5. The predicted octanol–water partition coefficient (Wildman–Crippen LogP) is 3.54. The summed E-state index contributed by atoms with van der Waals surface area (Å²) in [6.45, 7) is 6.65. The maximum atomic E-state index is 12.9. The molecule has 0 aliphatic carbocycles. The Morgan fingerprint density at radius 1 is 1.35 bits per heavy atom. The predicted molar refractivity (Wildman–Crippen MR) is 101 cm³/mol. The van der Waals surface area contributed by atoms with Crippen molar-refractivity contribution < 1.29 is 13.9 Å². The molecule has 1 fully saturated rings. The van der Waals surface area contributed by atoms with Gasteiger partial charge in [0.25, 0.3) is 0 Å². The molecule has 26 heavy (non-hydrogen) atoms. The monoisotopic (exact) mass is 375 g/mol. The van der Waals surface area contributed by atoms with Crippen molar-refractivity contribution in [1.29, 1.82) is 0 Å². The molecule has 0 radical (unpaired) electrons. The lowest BCUT2D eigenvalue weighted by Gasteiger charge is -2.34. The van der Waals surface area contributed by atoms with E-state index in [0.717, 1.165) is 30.9 Å². The van der Waals surface area contributed by atoms with E-state index in [9.17, 15) is 9.18 Å². The number of aromatic nitrogens is 1. The number of hydrogen-bond donors (Lipinski definition) is 1. The van der Waals surface area contributed by atoms with Crippen LogP contribution in [0.5, 0.6) is 0 Å². The Balaban J connectivity index is 1.52. The number of morpholine rings is 1. The van der Waals surface area contributed by atoms with Crippen molar-refractivity contribution >= 4 is 28.5 Å². The van der Waals surface area contributed by atoms with E-state index < -0.39 is 0 Å². The Bertz CT molecular complexity index is 765. The molecule has 2 atom stereocenters. The molecule has 0 spiro atoms. The minimum absolute atomic E-state index is 0.216. The zero-order valence-electron chi connectivity index (χ0n) is 14.8. The van der Waals surface area contributed by atoms with Crippen LogP contribution in [0.1, 0.15) is 25.1 Å². The van der Waals surface area contributed by atoms with Crippen molar-refractivity contribution in [3.8, 4) is 0 Å². The van der Waals surface area contributed by atoms with Crippen molar-refractivity contribution in [1.82, 2.24) is 9.88 Å². The van der Waals surface area contributed by atoms with E-state index in [1.54, 1.807) is 18.2 Å². The second-order valence-corrected chi connectivity index (χ2v) is 7.33. The van der Waals surface area contributed by atoms with E-state index in [0.29, 0.717) is 5.13 Å². The molecule has 1 N–H and O–H groups in total. The van der Waals surface area contributed by atoms with Gasteiger partial charge in [0.1, 0.15) is 5.82 Å². The van der Waals surface area contributed by atoms with Gasteiger partial charge < -0.3 is 4.74 Å². The Hall–Kier alpha value is -2.09. The number of benzene rings is 1. The average Bonchev–Trinajstić information content (AvgIpc) is 3.00. The molecule has 0 saturated carbocycles. The molecule has 5 nitrogen and oxygen atoms in total. The summed E-state index contributed by atoms with van der Waals surface area (Å²) < 4.78 is 18.6. The molecule has 2 unspecified atom stereocenters. The third-order valence-corrected chi connectivity index (χ3v) is 4.77. The summed E-state index contributed by atoms with van der Waals surface area (Å²) in [6.07, 6.45) is 3.49. The molecule has 1 amide bonds. The first-order valence-electron chi connectivity index (χ1n) is 8.55. The lowest BCUT2D eigenvalue weighted by molar-refractivity contribution is -0.111. The highest BCUT2D eigenvalue weighted by molar-refractivity contribution is 7.13. The number of ether oxygens (including phenoxy) is 1.